The summed E-state index contributed by atoms with van der Waals surface area (Å²) in [7, 11) is 0. The van der Waals surface area contributed by atoms with Crippen LogP contribution >= 0.6 is 12.4 Å². The number of aromatic nitrogens is 3. The second kappa shape index (κ2) is 7.97. The molecule has 0 amide bonds. The van der Waals surface area contributed by atoms with Crippen LogP contribution < -0.4 is 5.32 Å². The Bertz CT molecular complexity index is 880. The molecule has 4 N–H and O–H groups in total. The van der Waals surface area contributed by atoms with Crippen molar-refractivity contribution >= 4 is 12.4 Å². The molecule has 1 saturated heterocycles. The molecular weight excluding hydrogens is 360 g/mol. The third-order valence-electron chi connectivity index (χ3n) is 5.88. The Morgan fingerprint density at radius 1 is 1.04 bits per heavy atom. The molecule has 3 heterocycles. The highest BCUT2D eigenvalue weighted by Gasteiger charge is 2.30. The standard InChI is InChI=1S/C21H24N4.ClH.H2O/c1-13-9-17(21-23-12-20-18(25-21)7-8-22-20)11-19(24-13)16-6-5-14-3-2-4-15(14)10-16;;/h5-8,10,12-13,17,19,24H,2-4,9,11H2,1H3,(H,23,25);1H;1H2. The first-order valence-electron chi connectivity index (χ1n) is 9.43. The number of rotatable bonds is 2. The number of benzene rings is 1. The lowest BCUT2D eigenvalue weighted by molar-refractivity contribution is 0.299. The highest BCUT2D eigenvalue weighted by atomic mass is 35.5. The molecule has 0 spiro atoms. The van der Waals surface area contributed by atoms with E-state index in [0.717, 1.165) is 30.1 Å². The summed E-state index contributed by atoms with van der Waals surface area (Å²) in [6.07, 6.45) is 9.74. The molecule has 144 valence electrons. The first kappa shape index (κ1) is 19.8. The fourth-order valence-electron chi connectivity index (χ4n) is 4.62. The molecule has 1 aliphatic carbocycles. The van der Waals surface area contributed by atoms with E-state index in [9.17, 15) is 0 Å². The number of nitrogens with one attached hydrogen (secondary N) is 2. The van der Waals surface area contributed by atoms with E-state index in [-0.39, 0.29) is 17.9 Å². The molecule has 3 unspecified atom stereocenters. The molecule has 0 saturated carbocycles. The summed E-state index contributed by atoms with van der Waals surface area (Å²) in [5, 5.41) is 3.80. The van der Waals surface area contributed by atoms with E-state index in [1.165, 1.54) is 24.8 Å². The number of H-pyrrole nitrogens is 1. The summed E-state index contributed by atoms with van der Waals surface area (Å²) in [6, 6.07) is 10.0. The molecule has 1 aromatic rings. The molecule has 6 heteroatoms. The van der Waals surface area contributed by atoms with Crippen molar-refractivity contribution in [3.05, 3.63) is 59.2 Å². The van der Waals surface area contributed by atoms with E-state index in [1.54, 1.807) is 11.1 Å². The van der Waals surface area contributed by atoms with E-state index >= 15 is 0 Å². The van der Waals surface area contributed by atoms with Crippen LogP contribution in [0, 0.1) is 0 Å². The van der Waals surface area contributed by atoms with Gasteiger partial charge in [-0.3, -0.25) is 4.98 Å². The van der Waals surface area contributed by atoms with Crippen molar-refractivity contribution in [3.63, 3.8) is 0 Å². The van der Waals surface area contributed by atoms with E-state index in [2.05, 4.69) is 45.4 Å². The largest absolute Gasteiger partial charge is 0.412 e. The summed E-state index contributed by atoms with van der Waals surface area (Å²) in [5.41, 5.74) is 6.58. The minimum Gasteiger partial charge on any atom is -0.412 e. The van der Waals surface area contributed by atoms with Gasteiger partial charge in [-0.1, -0.05) is 18.2 Å². The molecule has 0 bridgehead atoms. The van der Waals surface area contributed by atoms with Crippen LogP contribution in [0.5, 0.6) is 0 Å². The first-order valence-corrected chi connectivity index (χ1v) is 9.43. The maximum absolute atomic E-state index is 4.68. The fourth-order valence-corrected chi connectivity index (χ4v) is 4.62. The summed E-state index contributed by atoms with van der Waals surface area (Å²) in [6.45, 7) is 2.29. The van der Waals surface area contributed by atoms with Gasteiger partial charge in [0, 0.05) is 24.2 Å². The van der Waals surface area contributed by atoms with Gasteiger partial charge in [-0.2, -0.15) is 0 Å². The molecule has 0 radical (unpaired) electrons. The zero-order valence-electron chi connectivity index (χ0n) is 15.5. The lowest BCUT2D eigenvalue weighted by Crippen LogP contribution is -2.38. The maximum atomic E-state index is 4.68. The zero-order valence-corrected chi connectivity index (χ0v) is 16.4. The number of piperidine rings is 1. The summed E-state index contributed by atoms with van der Waals surface area (Å²) < 4.78 is 0. The number of fused-ring (bicyclic) bond motifs is 2. The zero-order chi connectivity index (χ0) is 16.8. The normalized spacial score (nSPS) is 24.1. The number of nitrogens with zero attached hydrogens (tertiary/aromatic N) is 2. The lowest BCUT2D eigenvalue weighted by atomic mass is 9.84. The van der Waals surface area contributed by atoms with Gasteiger partial charge in [0.2, 0.25) is 0 Å². The molecule has 3 atom stereocenters. The predicted octanol–water partition coefficient (Wildman–Crippen LogP) is 3.59. The first-order chi connectivity index (χ1) is 12.3. The Morgan fingerprint density at radius 2 is 1.89 bits per heavy atom. The van der Waals surface area contributed by atoms with Crippen molar-refractivity contribution in [3.8, 4) is 11.4 Å². The molecular formula is C21H27ClN4O. The highest BCUT2D eigenvalue weighted by Crippen LogP contribution is 2.37. The van der Waals surface area contributed by atoms with Crippen LogP contribution in [0.4, 0.5) is 0 Å². The Labute approximate surface area is 166 Å². The van der Waals surface area contributed by atoms with Crippen LogP contribution in [0.2, 0.25) is 0 Å². The average Bonchev–Trinajstić information content (AvgIpc) is 3.28. The third kappa shape index (κ3) is 3.72. The smallest absolute Gasteiger partial charge is 0.109 e. The van der Waals surface area contributed by atoms with Gasteiger partial charge in [-0.25, -0.2) is 4.98 Å². The second-order valence-corrected chi connectivity index (χ2v) is 7.68. The van der Waals surface area contributed by atoms with Gasteiger partial charge in [0.05, 0.1) is 11.9 Å². The van der Waals surface area contributed by atoms with Gasteiger partial charge < -0.3 is 15.8 Å². The summed E-state index contributed by atoms with van der Waals surface area (Å²) in [4.78, 5) is 12.5. The number of hydrogen-bond donors (Lipinski definition) is 2. The Kier molecular flexibility index (Phi) is 5.84. The summed E-state index contributed by atoms with van der Waals surface area (Å²) >= 11 is 0. The quantitative estimate of drug-likeness (QED) is 0.705. The molecule has 1 aromatic carbocycles. The van der Waals surface area contributed by atoms with Crippen LogP contribution in [0.3, 0.4) is 0 Å². The maximum Gasteiger partial charge on any atom is 0.109 e. The average molecular weight is 387 g/mol. The number of hydrogen-bond acceptors (Lipinski definition) is 3. The molecule has 5 rings (SSSR count). The van der Waals surface area contributed by atoms with Crippen molar-refractivity contribution < 1.29 is 5.48 Å². The van der Waals surface area contributed by atoms with Crippen LogP contribution in [0.25, 0.3) is 11.4 Å². The summed E-state index contributed by atoms with van der Waals surface area (Å²) in [5.74, 6) is 1.55. The minimum atomic E-state index is 0. The molecule has 0 aromatic heterocycles. The van der Waals surface area contributed by atoms with Crippen molar-refractivity contribution in [2.45, 2.75) is 57.0 Å². The Hall–Kier alpha value is -1.95. The van der Waals surface area contributed by atoms with Crippen molar-refractivity contribution in [2.24, 2.45) is 0 Å². The van der Waals surface area contributed by atoms with Crippen molar-refractivity contribution in [1.82, 2.24) is 20.3 Å². The SMILES string of the molecule is CC1CC(c2ncc3nccc-3[nH]2)CC(c2ccc3c(c2)CCC3)N1.Cl.O. The van der Waals surface area contributed by atoms with E-state index in [1.807, 2.05) is 18.5 Å². The van der Waals surface area contributed by atoms with Gasteiger partial charge in [0.25, 0.3) is 0 Å². The van der Waals surface area contributed by atoms with E-state index in [4.69, 9.17) is 0 Å². The lowest BCUT2D eigenvalue weighted by Gasteiger charge is -2.35. The molecule has 5 nitrogen and oxygen atoms in total. The van der Waals surface area contributed by atoms with Gasteiger partial charge >= 0.3 is 0 Å². The van der Waals surface area contributed by atoms with Crippen molar-refractivity contribution in [2.75, 3.05) is 0 Å². The molecule has 3 aliphatic heterocycles. The minimum absolute atomic E-state index is 0. The number of aromatic amines is 1. The van der Waals surface area contributed by atoms with E-state index in [0.29, 0.717) is 18.0 Å². The van der Waals surface area contributed by atoms with Crippen LogP contribution in [-0.2, 0) is 12.8 Å². The molecule has 27 heavy (non-hydrogen) atoms. The highest BCUT2D eigenvalue weighted by molar-refractivity contribution is 5.85. The van der Waals surface area contributed by atoms with Gasteiger partial charge in [-0.15, -0.1) is 12.4 Å². The van der Waals surface area contributed by atoms with Gasteiger partial charge in [0.1, 0.15) is 11.5 Å². The Balaban J connectivity index is 0.00000105. The monoisotopic (exact) mass is 386 g/mol. The molecule has 4 aliphatic rings. The predicted molar refractivity (Wildman–Crippen MR) is 110 cm³/mol. The van der Waals surface area contributed by atoms with Crippen molar-refractivity contribution in [1.29, 1.82) is 0 Å². The van der Waals surface area contributed by atoms with Crippen LogP contribution in [-0.4, -0.2) is 26.5 Å². The topological polar surface area (TPSA) is 85.1 Å². The Morgan fingerprint density at radius 3 is 2.78 bits per heavy atom. The van der Waals surface area contributed by atoms with Gasteiger partial charge in [0.15, 0.2) is 0 Å². The third-order valence-corrected chi connectivity index (χ3v) is 5.88. The van der Waals surface area contributed by atoms with E-state index < -0.39 is 0 Å². The van der Waals surface area contributed by atoms with Crippen LogP contribution in [0.15, 0.2) is 36.7 Å². The van der Waals surface area contributed by atoms with Crippen LogP contribution in [0.1, 0.15) is 60.7 Å². The molecule has 1 fully saturated rings. The number of halogens is 1. The van der Waals surface area contributed by atoms with Gasteiger partial charge in [-0.05, 0) is 61.8 Å². The number of aryl methyl sites for hydroxylation is 2. The second-order valence-electron chi connectivity index (χ2n) is 7.68. The fraction of sp³-hybridized carbons (Fsp3) is 0.429.